The number of amides is 2. The summed E-state index contributed by atoms with van der Waals surface area (Å²) >= 11 is 1.49. The number of hydrogen-bond acceptors (Lipinski definition) is 5. The van der Waals surface area contributed by atoms with Crippen LogP contribution in [-0.2, 0) is 9.59 Å². The van der Waals surface area contributed by atoms with Gasteiger partial charge in [-0.15, -0.1) is 0 Å². The summed E-state index contributed by atoms with van der Waals surface area (Å²) in [7, 11) is 0. The van der Waals surface area contributed by atoms with Gasteiger partial charge in [0.15, 0.2) is 5.13 Å². The molecule has 1 N–H and O–H groups in total. The van der Waals surface area contributed by atoms with Crippen molar-refractivity contribution in [2.45, 2.75) is 38.5 Å². The highest BCUT2D eigenvalue weighted by Gasteiger charge is 2.25. The first-order valence-corrected chi connectivity index (χ1v) is 11.1. The van der Waals surface area contributed by atoms with Gasteiger partial charge in [-0.25, -0.2) is 4.98 Å². The predicted molar refractivity (Wildman–Crippen MR) is 112 cm³/mol. The molecule has 6 nitrogen and oxygen atoms in total. The summed E-state index contributed by atoms with van der Waals surface area (Å²) in [5.74, 6) is 0.838. The first-order chi connectivity index (χ1) is 13.7. The number of carbonyl (C=O) groups is 2. The SMILES string of the molecule is O=C(CN1CCN(C(=O)CC2CCCCC2)CC1)Nc1nc2ccccc2s1. The van der Waals surface area contributed by atoms with Crippen LogP contribution in [0, 0.1) is 5.92 Å². The Balaban J connectivity index is 1.21. The van der Waals surface area contributed by atoms with Crippen molar-refractivity contribution in [2.75, 3.05) is 38.0 Å². The smallest absolute Gasteiger partial charge is 0.240 e. The molecule has 2 aliphatic rings. The Labute approximate surface area is 169 Å². The van der Waals surface area contributed by atoms with Crippen molar-refractivity contribution >= 4 is 38.5 Å². The topological polar surface area (TPSA) is 65.5 Å². The average molecular weight is 401 g/mol. The highest BCUT2D eigenvalue weighted by atomic mass is 32.1. The molecule has 1 aliphatic carbocycles. The van der Waals surface area contributed by atoms with Crippen LogP contribution < -0.4 is 5.32 Å². The fraction of sp³-hybridized carbons (Fsp3) is 0.571. The van der Waals surface area contributed by atoms with E-state index >= 15 is 0 Å². The van der Waals surface area contributed by atoms with E-state index in [4.69, 9.17) is 0 Å². The zero-order valence-electron chi connectivity index (χ0n) is 16.2. The third-order valence-electron chi connectivity index (χ3n) is 5.82. The number of rotatable bonds is 5. The van der Waals surface area contributed by atoms with E-state index in [1.165, 1.54) is 43.4 Å². The molecule has 1 aliphatic heterocycles. The molecule has 1 aromatic carbocycles. The molecular formula is C21H28N4O2S. The molecule has 2 fully saturated rings. The lowest BCUT2D eigenvalue weighted by atomic mass is 9.86. The Hall–Kier alpha value is -1.99. The van der Waals surface area contributed by atoms with Crippen molar-refractivity contribution in [2.24, 2.45) is 5.92 Å². The lowest BCUT2D eigenvalue weighted by molar-refractivity contribution is -0.134. The van der Waals surface area contributed by atoms with E-state index in [0.717, 1.165) is 36.4 Å². The van der Waals surface area contributed by atoms with Crippen molar-refractivity contribution in [1.29, 1.82) is 0 Å². The Bertz CT molecular complexity index is 790. The second-order valence-corrected chi connectivity index (χ2v) is 8.93. The van der Waals surface area contributed by atoms with Gasteiger partial charge in [-0.05, 0) is 30.9 Å². The molecule has 4 rings (SSSR count). The van der Waals surface area contributed by atoms with Crippen LogP contribution in [0.2, 0.25) is 0 Å². The van der Waals surface area contributed by atoms with E-state index in [-0.39, 0.29) is 5.91 Å². The molecule has 2 amide bonds. The Morgan fingerprint density at radius 1 is 1.07 bits per heavy atom. The second-order valence-electron chi connectivity index (χ2n) is 7.90. The van der Waals surface area contributed by atoms with Gasteiger partial charge in [0.1, 0.15) is 0 Å². The van der Waals surface area contributed by atoms with E-state index in [9.17, 15) is 9.59 Å². The van der Waals surface area contributed by atoms with E-state index < -0.39 is 0 Å². The third-order valence-corrected chi connectivity index (χ3v) is 6.77. The largest absolute Gasteiger partial charge is 0.340 e. The minimum atomic E-state index is -0.0407. The number of carbonyl (C=O) groups excluding carboxylic acids is 2. The number of benzene rings is 1. The van der Waals surface area contributed by atoms with Crippen molar-refractivity contribution in [1.82, 2.24) is 14.8 Å². The molecule has 7 heteroatoms. The van der Waals surface area contributed by atoms with Gasteiger partial charge in [-0.2, -0.15) is 0 Å². The number of piperazine rings is 1. The average Bonchev–Trinajstić information content (AvgIpc) is 3.11. The van der Waals surface area contributed by atoms with E-state index in [2.05, 4.69) is 15.2 Å². The molecule has 1 saturated heterocycles. The Kier molecular flexibility index (Phi) is 6.22. The minimum absolute atomic E-state index is 0.0407. The van der Waals surface area contributed by atoms with Gasteiger partial charge in [-0.1, -0.05) is 42.7 Å². The van der Waals surface area contributed by atoms with Crippen molar-refractivity contribution in [3.8, 4) is 0 Å². The highest BCUT2D eigenvalue weighted by molar-refractivity contribution is 7.22. The van der Waals surface area contributed by atoms with Crippen molar-refractivity contribution in [3.05, 3.63) is 24.3 Å². The van der Waals surface area contributed by atoms with Crippen LogP contribution in [0.25, 0.3) is 10.2 Å². The number of para-hydroxylation sites is 1. The molecule has 1 aromatic heterocycles. The van der Waals surface area contributed by atoms with Crippen molar-refractivity contribution < 1.29 is 9.59 Å². The Morgan fingerprint density at radius 3 is 2.57 bits per heavy atom. The highest BCUT2D eigenvalue weighted by Crippen LogP contribution is 2.27. The first kappa shape index (κ1) is 19.3. The lowest BCUT2D eigenvalue weighted by Gasteiger charge is -2.35. The maximum absolute atomic E-state index is 12.5. The lowest BCUT2D eigenvalue weighted by Crippen LogP contribution is -2.50. The summed E-state index contributed by atoms with van der Waals surface area (Å²) in [6.07, 6.45) is 6.99. The summed E-state index contributed by atoms with van der Waals surface area (Å²) in [6.45, 7) is 3.30. The molecule has 0 radical (unpaired) electrons. The van der Waals surface area contributed by atoms with Gasteiger partial charge in [0.2, 0.25) is 11.8 Å². The molecule has 2 heterocycles. The number of hydrogen-bond donors (Lipinski definition) is 1. The van der Waals surface area contributed by atoms with Gasteiger partial charge >= 0.3 is 0 Å². The first-order valence-electron chi connectivity index (χ1n) is 10.3. The molecular weight excluding hydrogens is 372 g/mol. The van der Waals surface area contributed by atoms with Gasteiger partial charge in [0.25, 0.3) is 0 Å². The summed E-state index contributed by atoms with van der Waals surface area (Å²) < 4.78 is 1.07. The molecule has 1 saturated carbocycles. The van der Waals surface area contributed by atoms with Crippen LogP contribution in [-0.4, -0.2) is 59.3 Å². The maximum Gasteiger partial charge on any atom is 0.240 e. The zero-order valence-corrected chi connectivity index (χ0v) is 17.0. The quantitative estimate of drug-likeness (QED) is 0.836. The summed E-state index contributed by atoms with van der Waals surface area (Å²) in [6, 6.07) is 7.88. The van der Waals surface area contributed by atoms with Gasteiger partial charge in [-0.3, -0.25) is 14.5 Å². The van der Waals surface area contributed by atoms with Gasteiger partial charge in [0, 0.05) is 32.6 Å². The predicted octanol–water partition coefficient (Wildman–Crippen LogP) is 3.35. The number of nitrogens with one attached hydrogen (secondary N) is 1. The third kappa shape index (κ3) is 4.89. The molecule has 0 atom stereocenters. The van der Waals surface area contributed by atoms with Gasteiger partial charge in [0.05, 0.1) is 16.8 Å². The molecule has 0 bridgehead atoms. The fourth-order valence-electron chi connectivity index (χ4n) is 4.21. The fourth-order valence-corrected chi connectivity index (χ4v) is 5.09. The molecule has 150 valence electrons. The number of fused-ring (bicyclic) bond motifs is 1. The number of aromatic nitrogens is 1. The van der Waals surface area contributed by atoms with Crippen LogP contribution in [0.4, 0.5) is 5.13 Å². The normalized spacial score (nSPS) is 19.1. The van der Waals surface area contributed by atoms with Crippen LogP contribution >= 0.6 is 11.3 Å². The summed E-state index contributed by atoms with van der Waals surface area (Å²) in [4.78, 5) is 33.5. The van der Waals surface area contributed by atoms with Crippen molar-refractivity contribution in [3.63, 3.8) is 0 Å². The second kappa shape index (κ2) is 9.01. The van der Waals surface area contributed by atoms with E-state index in [1.54, 1.807) is 0 Å². The summed E-state index contributed by atoms with van der Waals surface area (Å²) in [5, 5.41) is 3.56. The van der Waals surface area contributed by atoms with Crippen LogP contribution in [0.15, 0.2) is 24.3 Å². The monoisotopic (exact) mass is 400 g/mol. The zero-order chi connectivity index (χ0) is 19.3. The van der Waals surface area contributed by atoms with E-state index in [1.807, 2.05) is 29.2 Å². The molecule has 0 unspecified atom stereocenters. The number of anilines is 1. The van der Waals surface area contributed by atoms with Gasteiger partial charge < -0.3 is 10.2 Å². The molecule has 0 spiro atoms. The van der Waals surface area contributed by atoms with Crippen LogP contribution in [0.5, 0.6) is 0 Å². The maximum atomic E-state index is 12.5. The summed E-state index contributed by atoms with van der Waals surface area (Å²) in [5.41, 5.74) is 0.910. The van der Waals surface area contributed by atoms with E-state index in [0.29, 0.717) is 29.9 Å². The van der Waals surface area contributed by atoms with Crippen LogP contribution in [0.1, 0.15) is 38.5 Å². The number of nitrogens with zero attached hydrogens (tertiary/aromatic N) is 3. The standard InChI is InChI=1S/C21H28N4O2S/c26-19(23-21-22-17-8-4-5-9-18(17)28-21)15-24-10-12-25(13-11-24)20(27)14-16-6-2-1-3-7-16/h4-5,8-9,16H,1-3,6-7,10-15H2,(H,22,23,26). The van der Waals surface area contributed by atoms with Crippen LogP contribution in [0.3, 0.4) is 0 Å². The minimum Gasteiger partial charge on any atom is -0.340 e. The number of thiazole rings is 1. The Morgan fingerprint density at radius 2 is 1.82 bits per heavy atom. The molecule has 28 heavy (non-hydrogen) atoms. The molecule has 2 aromatic rings.